The molecule has 0 amide bonds. The molecule has 0 aliphatic heterocycles. The number of carbonyl (C=O) groups is 10. The molecule has 0 saturated heterocycles. The van der Waals surface area contributed by atoms with Crippen LogP contribution in [-0.2, 0) is 14.3 Å². The van der Waals surface area contributed by atoms with Crippen molar-refractivity contribution in [3.8, 4) is 23.0 Å². The molecule has 0 radical (unpaired) electrons. The van der Waals surface area contributed by atoms with Gasteiger partial charge in [0, 0.05) is 12.8 Å². The first-order valence-corrected chi connectivity index (χ1v) is 19.2. The van der Waals surface area contributed by atoms with E-state index in [2.05, 4.69) is 0 Å². The van der Waals surface area contributed by atoms with Gasteiger partial charge in [-0.1, -0.05) is 0 Å². The minimum Gasteiger partial charge on any atom is -0.478 e. The summed E-state index contributed by atoms with van der Waals surface area (Å²) < 4.78 is 28.7. The molecule has 0 fully saturated rings. The summed E-state index contributed by atoms with van der Waals surface area (Å²) in [6.45, 7) is 0. The lowest BCUT2D eigenvalue weighted by molar-refractivity contribution is -0.176. The number of ether oxygens (including phenoxy) is 5. The van der Waals surface area contributed by atoms with Crippen molar-refractivity contribution in [2.45, 2.75) is 24.0 Å². The zero-order chi connectivity index (χ0) is 50.5. The van der Waals surface area contributed by atoms with Crippen LogP contribution in [0.15, 0.2) is 121 Å². The van der Waals surface area contributed by atoms with Crippen molar-refractivity contribution in [3.05, 3.63) is 165 Å². The molecule has 352 valence electrons. The van der Waals surface area contributed by atoms with Gasteiger partial charge in [0.2, 0.25) is 11.2 Å². The van der Waals surface area contributed by atoms with E-state index in [0.717, 1.165) is 97.1 Å². The van der Waals surface area contributed by atoms with Gasteiger partial charge in [-0.15, -0.1) is 0 Å². The summed E-state index contributed by atoms with van der Waals surface area (Å²) >= 11 is 0. The number of aromatic carboxylic acids is 8. The highest BCUT2D eigenvalue weighted by atomic mass is 16.6. The second-order valence-corrected chi connectivity index (χ2v) is 14.4. The summed E-state index contributed by atoms with van der Waals surface area (Å²) in [5.74, 6) is -17.6. The van der Waals surface area contributed by atoms with Gasteiger partial charge in [-0.2, -0.15) is 0 Å². The number of hydrogen-bond acceptors (Lipinski definition) is 15. The second kappa shape index (κ2) is 19.2. The zero-order valence-electron chi connectivity index (χ0n) is 34.5. The van der Waals surface area contributed by atoms with Crippen molar-refractivity contribution in [2.75, 3.05) is 0 Å². The van der Waals surface area contributed by atoms with Crippen LogP contribution in [0.25, 0.3) is 0 Å². The van der Waals surface area contributed by atoms with Gasteiger partial charge in [0.15, 0.2) is 0 Å². The van der Waals surface area contributed by atoms with Crippen molar-refractivity contribution < 1.29 is 112 Å². The van der Waals surface area contributed by atoms with Gasteiger partial charge < -0.3 is 64.5 Å². The molecule has 0 spiro atoms. The summed E-state index contributed by atoms with van der Waals surface area (Å²) in [4.78, 5) is 123. The number of hydrogen-bond donors (Lipinski definition) is 8. The molecular weight excluding hydrogens is 920 g/mol. The van der Waals surface area contributed by atoms with Crippen molar-refractivity contribution >= 4 is 59.7 Å². The molecule has 0 saturated carbocycles. The standard InChI is InChI=1S/C46H30O23/c47-35(48)27-5-1-23(17-31(27)39(55)56)65-21-9-13-45(14-10-21,68-25-3-7-29(37(51)52)33(19-25)41(59)60)43(63)67-44(64)46(69-26-4-8-30(38(53)54)34(20-26)42(61)62)15-11-22(12-16-46)66-24-2-6-28(36(49)50)32(18-24)40(57)58/h1-13,15,17-20H,14,16H2,(H,47,48)(H,49,50)(H,51,52)(H,53,54)(H,55,56)(H,57,58)(H,59,60)(H,61,62). The molecule has 2 atom stereocenters. The Balaban J connectivity index is 1.37. The lowest BCUT2D eigenvalue weighted by Crippen LogP contribution is -2.51. The Morgan fingerprint density at radius 3 is 0.870 bits per heavy atom. The highest BCUT2D eigenvalue weighted by Crippen LogP contribution is 2.36. The first-order chi connectivity index (χ1) is 32.5. The average Bonchev–Trinajstić information content (AvgIpc) is 3.29. The summed E-state index contributed by atoms with van der Waals surface area (Å²) in [6, 6.07) is 11.2. The Morgan fingerprint density at radius 1 is 0.362 bits per heavy atom. The largest absolute Gasteiger partial charge is 0.478 e. The smallest absolute Gasteiger partial charge is 0.362 e. The number of rotatable bonds is 18. The number of carboxylic acids is 8. The number of benzene rings is 4. The van der Waals surface area contributed by atoms with Gasteiger partial charge in [0.25, 0.3) is 0 Å². The lowest BCUT2D eigenvalue weighted by Gasteiger charge is -2.34. The van der Waals surface area contributed by atoms with Gasteiger partial charge in [-0.25, -0.2) is 47.9 Å². The Bertz CT molecular complexity index is 2860. The van der Waals surface area contributed by atoms with Crippen LogP contribution in [0.5, 0.6) is 23.0 Å². The van der Waals surface area contributed by atoms with Crippen LogP contribution in [-0.4, -0.2) is 112 Å². The second-order valence-electron chi connectivity index (χ2n) is 14.4. The van der Waals surface area contributed by atoms with E-state index in [0.29, 0.717) is 0 Å². The van der Waals surface area contributed by atoms with Crippen LogP contribution in [0, 0.1) is 0 Å². The van der Waals surface area contributed by atoms with E-state index < -0.39 is 140 Å². The molecule has 0 aromatic heterocycles. The van der Waals surface area contributed by atoms with Gasteiger partial charge >= 0.3 is 59.7 Å². The third-order valence-electron chi connectivity index (χ3n) is 10.0. The summed E-state index contributed by atoms with van der Waals surface area (Å²) in [7, 11) is 0. The van der Waals surface area contributed by atoms with E-state index in [9.17, 15) is 88.8 Å². The Kier molecular flexibility index (Phi) is 13.5. The Hall–Kier alpha value is -10.1. The van der Waals surface area contributed by atoms with Crippen LogP contribution >= 0.6 is 0 Å². The van der Waals surface area contributed by atoms with E-state index in [1.807, 2.05) is 0 Å². The summed E-state index contributed by atoms with van der Waals surface area (Å²) in [5, 5.41) is 76.5. The molecule has 2 unspecified atom stereocenters. The highest BCUT2D eigenvalue weighted by Gasteiger charge is 2.48. The fourth-order valence-corrected chi connectivity index (χ4v) is 6.65. The predicted molar refractivity (Wildman–Crippen MR) is 224 cm³/mol. The number of carboxylic acid groups (broad SMARTS) is 8. The van der Waals surface area contributed by atoms with Crippen LogP contribution in [0.1, 0.15) is 95.7 Å². The molecular formula is C46H30O23. The van der Waals surface area contributed by atoms with E-state index in [4.69, 9.17) is 23.7 Å². The van der Waals surface area contributed by atoms with Gasteiger partial charge in [-0.3, -0.25) is 0 Å². The SMILES string of the molecule is O=C(O)c1ccc(OC2=CCC(Oc3ccc(C(=O)O)c(C(=O)O)c3)(C(=O)OC(=O)C3(Oc4ccc(C(=O)O)c(C(=O)O)c4)C=CC(Oc4ccc(C(=O)O)c(C(=O)O)c4)=CC3)C=C2)cc1C(=O)O. The Labute approximate surface area is 383 Å². The van der Waals surface area contributed by atoms with Crippen LogP contribution in [0.4, 0.5) is 0 Å². The van der Waals surface area contributed by atoms with Crippen molar-refractivity contribution in [2.24, 2.45) is 0 Å². The highest BCUT2D eigenvalue weighted by molar-refractivity contribution is 6.04. The fourth-order valence-electron chi connectivity index (χ4n) is 6.65. The number of carbonyl (C=O) groups excluding carboxylic acids is 2. The quantitative estimate of drug-likeness (QED) is 0.0473. The summed E-state index contributed by atoms with van der Waals surface area (Å²) in [6.07, 6.45) is 5.22. The average molecular weight is 951 g/mol. The van der Waals surface area contributed by atoms with E-state index >= 15 is 0 Å². The fraction of sp³-hybridized carbons (Fsp3) is 0.0870. The third kappa shape index (κ3) is 10.4. The van der Waals surface area contributed by atoms with Gasteiger partial charge in [0.05, 0.1) is 44.5 Å². The predicted octanol–water partition coefficient (Wildman–Crippen LogP) is 5.12. The molecule has 2 aliphatic rings. The maximum absolute atomic E-state index is 14.4. The van der Waals surface area contributed by atoms with E-state index in [1.54, 1.807) is 0 Å². The Morgan fingerprint density at radius 2 is 0.623 bits per heavy atom. The van der Waals surface area contributed by atoms with Gasteiger partial charge in [0.1, 0.15) is 34.5 Å². The van der Waals surface area contributed by atoms with Crippen LogP contribution < -0.4 is 18.9 Å². The third-order valence-corrected chi connectivity index (χ3v) is 10.0. The minimum atomic E-state index is -2.46. The molecule has 23 heteroatoms. The molecule has 2 aliphatic carbocycles. The number of esters is 2. The minimum absolute atomic E-state index is 0.111. The molecule has 4 aromatic carbocycles. The maximum Gasteiger partial charge on any atom is 0.362 e. The lowest BCUT2D eigenvalue weighted by atomic mass is 9.92. The first kappa shape index (κ1) is 48.4. The molecule has 0 heterocycles. The normalized spacial score (nSPS) is 16.9. The van der Waals surface area contributed by atoms with E-state index in [1.165, 1.54) is 12.2 Å². The topological polar surface area (TPSA) is 379 Å². The van der Waals surface area contributed by atoms with E-state index in [-0.39, 0.29) is 23.0 Å². The zero-order valence-corrected chi connectivity index (χ0v) is 34.5. The van der Waals surface area contributed by atoms with Crippen LogP contribution in [0.2, 0.25) is 0 Å². The molecule has 0 bridgehead atoms. The molecule has 6 rings (SSSR count). The molecule has 69 heavy (non-hydrogen) atoms. The molecule has 4 aromatic rings. The van der Waals surface area contributed by atoms with Gasteiger partial charge in [-0.05, 0) is 109 Å². The molecule has 8 N–H and O–H groups in total. The van der Waals surface area contributed by atoms with Crippen molar-refractivity contribution in [1.29, 1.82) is 0 Å². The monoisotopic (exact) mass is 950 g/mol. The number of allylic oxidation sites excluding steroid dienone is 2. The van der Waals surface area contributed by atoms with Crippen LogP contribution in [0.3, 0.4) is 0 Å². The molecule has 23 nitrogen and oxygen atoms in total. The first-order valence-electron chi connectivity index (χ1n) is 19.2. The summed E-state index contributed by atoms with van der Waals surface area (Å²) in [5.41, 5.74) is -10.2. The van der Waals surface area contributed by atoms with Crippen molar-refractivity contribution in [1.82, 2.24) is 0 Å². The maximum atomic E-state index is 14.4. The van der Waals surface area contributed by atoms with Crippen molar-refractivity contribution in [3.63, 3.8) is 0 Å².